The van der Waals surface area contributed by atoms with E-state index >= 15 is 0 Å². The normalized spacial score (nSPS) is 16.0. The molecule has 0 bridgehead atoms. The number of hydrogen-bond acceptors (Lipinski definition) is 3. The van der Waals surface area contributed by atoms with Crippen molar-refractivity contribution in [2.24, 2.45) is 0 Å². The molecule has 2 aromatic carbocycles. The van der Waals surface area contributed by atoms with Gasteiger partial charge < -0.3 is 4.90 Å². The lowest BCUT2D eigenvalue weighted by Crippen LogP contribution is -2.50. The van der Waals surface area contributed by atoms with E-state index in [2.05, 4.69) is 0 Å². The Labute approximate surface area is 144 Å². The molecule has 0 spiro atoms. The predicted molar refractivity (Wildman–Crippen MR) is 87.5 cm³/mol. The van der Waals surface area contributed by atoms with Gasteiger partial charge in [-0.15, -0.1) is 0 Å². The van der Waals surface area contributed by atoms with Crippen LogP contribution in [0.4, 0.5) is 8.78 Å². The first-order valence-corrected chi connectivity index (χ1v) is 9.13. The SMILES string of the molecule is O=C(c1ccc(F)cc1)N1CCN(S(=O)(=O)c2ccccc2F)CC1. The molecule has 3 rings (SSSR count). The van der Waals surface area contributed by atoms with Crippen LogP contribution in [0.15, 0.2) is 53.4 Å². The van der Waals surface area contributed by atoms with Crippen LogP contribution in [0.1, 0.15) is 10.4 Å². The van der Waals surface area contributed by atoms with Crippen molar-refractivity contribution in [1.29, 1.82) is 0 Å². The maximum Gasteiger partial charge on any atom is 0.253 e. The summed E-state index contributed by atoms with van der Waals surface area (Å²) in [5.74, 6) is -1.52. The second-order valence-electron chi connectivity index (χ2n) is 5.63. The van der Waals surface area contributed by atoms with Crippen LogP contribution in [-0.2, 0) is 10.0 Å². The molecular weight excluding hydrogens is 350 g/mol. The average Bonchev–Trinajstić information content (AvgIpc) is 2.62. The van der Waals surface area contributed by atoms with Crippen molar-refractivity contribution in [2.75, 3.05) is 26.2 Å². The molecule has 1 heterocycles. The number of halogens is 2. The Morgan fingerprint density at radius 1 is 0.880 bits per heavy atom. The summed E-state index contributed by atoms with van der Waals surface area (Å²) in [6.07, 6.45) is 0. The zero-order valence-electron chi connectivity index (χ0n) is 13.2. The minimum absolute atomic E-state index is 0.0730. The second-order valence-corrected chi connectivity index (χ2v) is 7.54. The van der Waals surface area contributed by atoms with Gasteiger partial charge in [-0.05, 0) is 36.4 Å². The van der Waals surface area contributed by atoms with Gasteiger partial charge in [0.15, 0.2) is 0 Å². The molecule has 0 saturated carbocycles. The summed E-state index contributed by atoms with van der Waals surface area (Å²) >= 11 is 0. The topological polar surface area (TPSA) is 57.7 Å². The number of carbonyl (C=O) groups excluding carboxylic acids is 1. The molecule has 132 valence electrons. The molecule has 1 aliphatic heterocycles. The zero-order chi connectivity index (χ0) is 18.0. The third kappa shape index (κ3) is 3.54. The fourth-order valence-corrected chi connectivity index (χ4v) is 4.19. The second kappa shape index (κ2) is 6.89. The molecule has 1 saturated heterocycles. The van der Waals surface area contributed by atoms with Crippen LogP contribution < -0.4 is 0 Å². The molecule has 1 amide bonds. The van der Waals surface area contributed by atoms with Crippen molar-refractivity contribution < 1.29 is 22.0 Å². The van der Waals surface area contributed by atoms with Crippen molar-refractivity contribution in [3.63, 3.8) is 0 Å². The summed E-state index contributed by atoms with van der Waals surface area (Å²) in [6.45, 7) is 0.515. The summed E-state index contributed by atoms with van der Waals surface area (Å²) in [5, 5.41) is 0. The Balaban J connectivity index is 1.70. The van der Waals surface area contributed by atoms with Crippen LogP contribution >= 0.6 is 0 Å². The van der Waals surface area contributed by atoms with Crippen molar-refractivity contribution in [2.45, 2.75) is 4.90 Å². The lowest BCUT2D eigenvalue weighted by molar-refractivity contribution is 0.0697. The minimum atomic E-state index is -3.94. The maximum absolute atomic E-state index is 13.8. The van der Waals surface area contributed by atoms with Crippen molar-refractivity contribution >= 4 is 15.9 Å². The van der Waals surface area contributed by atoms with E-state index in [4.69, 9.17) is 0 Å². The first-order chi connectivity index (χ1) is 11.9. The quantitative estimate of drug-likeness (QED) is 0.836. The minimum Gasteiger partial charge on any atom is -0.336 e. The average molecular weight is 366 g/mol. The molecule has 5 nitrogen and oxygen atoms in total. The highest BCUT2D eigenvalue weighted by molar-refractivity contribution is 7.89. The van der Waals surface area contributed by atoms with E-state index in [-0.39, 0.29) is 37.0 Å². The first-order valence-electron chi connectivity index (χ1n) is 7.69. The molecule has 0 aliphatic carbocycles. The summed E-state index contributed by atoms with van der Waals surface area (Å²) in [5.41, 5.74) is 0.340. The van der Waals surface area contributed by atoms with Crippen molar-refractivity contribution in [3.05, 3.63) is 65.7 Å². The van der Waals surface area contributed by atoms with Gasteiger partial charge in [0.2, 0.25) is 10.0 Å². The Morgan fingerprint density at radius 3 is 2.08 bits per heavy atom. The lowest BCUT2D eigenvalue weighted by atomic mass is 10.2. The monoisotopic (exact) mass is 366 g/mol. The van der Waals surface area contributed by atoms with Gasteiger partial charge in [-0.1, -0.05) is 12.1 Å². The standard InChI is InChI=1S/C17H16F2N2O3S/c18-14-7-5-13(6-8-14)17(22)20-9-11-21(12-10-20)25(23,24)16-4-2-1-3-15(16)19/h1-8H,9-12H2. The third-order valence-electron chi connectivity index (χ3n) is 4.07. The molecule has 0 radical (unpaired) electrons. The largest absolute Gasteiger partial charge is 0.336 e. The van der Waals surface area contributed by atoms with E-state index in [1.807, 2.05) is 0 Å². The predicted octanol–water partition coefficient (Wildman–Crippen LogP) is 2.11. The van der Waals surface area contributed by atoms with E-state index in [0.717, 1.165) is 6.07 Å². The summed E-state index contributed by atoms with van der Waals surface area (Å²) < 4.78 is 53.0. The fourth-order valence-electron chi connectivity index (χ4n) is 2.70. The van der Waals surface area contributed by atoms with Gasteiger partial charge >= 0.3 is 0 Å². The number of benzene rings is 2. The summed E-state index contributed by atoms with van der Waals surface area (Å²) in [4.78, 5) is 13.5. The molecule has 0 aromatic heterocycles. The van der Waals surface area contributed by atoms with E-state index in [1.54, 1.807) is 0 Å². The smallest absolute Gasteiger partial charge is 0.253 e. The number of amides is 1. The van der Waals surface area contributed by atoms with Crippen LogP contribution in [0.3, 0.4) is 0 Å². The van der Waals surface area contributed by atoms with E-state index in [9.17, 15) is 22.0 Å². The van der Waals surface area contributed by atoms with E-state index in [1.165, 1.54) is 51.7 Å². The number of piperazine rings is 1. The Bertz CT molecular complexity index is 877. The van der Waals surface area contributed by atoms with Crippen LogP contribution in [-0.4, -0.2) is 49.7 Å². The number of carbonyl (C=O) groups is 1. The van der Waals surface area contributed by atoms with Gasteiger partial charge in [-0.25, -0.2) is 17.2 Å². The number of hydrogen-bond donors (Lipinski definition) is 0. The van der Waals surface area contributed by atoms with Gasteiger partial charge in [-0.2, -0.15) is 4.31 Å². The highest BCUT2D eigenvalue weighted by Crippen LogP contribution is 2.21. The fraction of sp³-hybridized carbons (Fsp3) is 0.235. The van der Waals surface area contributed by atoms with E-state index < -0.39 is 21.7 Å². The van der Waals surface area contributed by atoms with Crippen molar-refractivity contribution in [3.8, 4) is 0 Å². The molecule has 25 heavy (non-hydrogen) atoms. The third-order valence-corrected chi connectivity index (χ3v) is 6.00. The lowest BCUT2D eigenvalue weighted by Gasteiger charge is -2.34. The Morgan fingerprint density at radius 2 is 1.48 bits per heavy atom. The highest BCUT2D eigenvalue weighted by Gasteiger charge is 2.31. The van der Waals surface area contributed by atoms with Crippen LogP contribution in [0.2, 0.25) is 0 Å². The van der Waals surface area contributed by atoms with Gasteiger partial charge in [0.05, 0.1) is 0 Å². The number of rotatable bonds is 3. The molecule has 1 aliphatic rings. The molecule has 2 aromatic rings. The van der Waals surface area contributed by atoms with Crippen LogP contribution in [0.25, 0.3) is 0 Å². The molecule has 0 N–H and O–H groups in total. The molecule has 8 heteroatoms. The molecule has 1 fully saturated rings. The molecular formula is C17H16F2N2O3S. The van der Waals surface area contributed by atoms with Gasteiger partial charge in [0.1, 0.15) is 16.5 Å². The molecule has 0 atom stereocenters. The van der Waals surface area contributed by atoms with E-state index in [0.29, 0.717) is 5.56 Å². The van der Waals surface area contributed by atoms with Gasteiger partial charge in [0.25, 0.3) is 5.91 Å². The van der Waals surface area contributed by atoms with Crippen LogP contribution in [0.5, 0.6) is 0 Å². The Kier molecular flexibility index (Phi) is 4.82. The highest BCUT2D eigenvalue weighted by atomic mass is 32.2. The van der Waals surface area contributed by atoms with Crippen LogP contribution in [0, 0.1) is 11.6 Å². The Hall–Kier alpha value is -2.32. The summed E-state index contributed by atoms with van der Waals surface area (Å²) in [6, 6.07) is 10.4. The maximum atomic E-state index is 13.8. The first kappa shape index (κ1) is 17.5. The number of nitrogens with zero attached hydrogens (tertiary/aromatic N) is 2. The number of sulfonamides is 1. The summed E-state index contributed by atoms with van der Waals surface area (Å²) in [7, 11) is -3.94. The van der Waals surface area contributed by atoms with Gasteiger partial charge in [0, 0.05) is 31.7 Å². The van der Waals surface area contributed by atoms with Gasteiger partial charge in [-0.3, -0.25) is 4.79 Å². The molecule has 0 unspecified atom stereocenters. The van der Waals surface area contributed by atoms with Crippen molar-refractivity contribution in [1.82, 2.24) is 9.21 Å². The zero-order valence-corrected chi connectivity index (χ0v) is 14.0.